The Morgan fingerprint density at radius 2 is 2.03 bits per heavy atom. The summed E-state index contributed by atoms with van der Waals surface area (Å²) >= 11 is 0. The Hall–Kier alpha value is -4.31. The molecule has 1 aromatic heterocycles. The Morgan fingerprint density at radius 1 is 1.19 bits per heavy atom. The van der Waals surface area contributed by atoms with Crippen LogP contribution in [0.15, 0.2) is 71.5 Å². The number of hydrogen-bond acceptors (Lipinski definition) is 6. The molecule has 1 heterocycles. The van der Waals surface area contributed by atoms with Crippen molar-refractivity contribution in [2.45, 2.75) is 19.6 Å². The number of ether oxygens (including phenoxy) is 2. The van der Waals surface area contributed by atoms with Crippen molar-refractivity contribution >= 4 is 17.1 Å². The van der Waals surface area contributed by atoms with E-state index in [2.05, 4.69) is 4.98 Å². The molecular formula is C24H18N2O5. The van der Waals surface area contributed by atoms with Crippen LogP contribution < -0.4 is 9.47 Å². The van der Waals surface area contributed by atoms with Crippen LogP contribution in [0.5, 0.6) is 11.5 Å². The van der Waals surface area contributed by atoms with Gasteiger partial charge in [0.2, 0.25) is 6.10 Å². The lowest BCUT2D eigenvalue weighted by Crippen LogP contribution is -2.19. The van der Waals surface area contributed by atoms with Gasteiger partial charge in [-0.05, 0) is 42.3 Å². The number of aryl methyl sites for hydroxylation is 1. The topological polar surface area (TPSA) is 106 Å². The second-order valence-corrected chi connectivity index (χ2v) is 6.91. The summed E-state index contributed by atoms with van der Waals surface area (Å²) in [4.78, 5) is 16.0. The van der Waals surface area contributed by atoms with Crippen molar-refractivity contribution in [1.29, 1.82) is 5.26 Å². The fourth-order valence-electron chi connectivity index (χ4n) is 3.20. The SMILES string of the molecule is Cc1ccccc1[C@H](Oc1cc(OCc2ccc3ocnc3c2)ccc1C#N)C(=O)O. The summed E-state index contributed by atoms with van der Waals surface area (Å²) in [5, 5.41) is 19.2. The molecule has 4 rings (SSSR count). The minimum absolute atomic E-state index is 0.141. The van der Waals surface area contributed by atoms with Crippen molar-refractivity contribution in [3.63, 3.8) is 0 Å². The van der Waals surface area contributed by atoms with Crippen LogP contribution in [0.2, 0.25) is 0 Å². The molecule has 0 aliphatic heterocycles. The Labute approximate surface area is 178 Å². The Bertz CT molecular complexity index is 1290. The van der Waals surface area contributed by atoms with Crippen molar-refractivity contribution in [2.75, 3.05) is 0 Å². The molecule has 0 unspecified atom stereocenters. The molecule has 0 radical (unpaired) electrons. The lowest BCUT2D eigenvalue weighted by molar-refractivity contribution is -0.145. The van der Waals surface area contributed by atoms with Gasteiger partial charge in [0.15, 0.2) is 12.0 Å². The standard InChI is InChI=1S/C24H18N2O5/c1-15-4-2-3-5-19(15)23(24(27)28)31-22-11-18(8-7-17(22)12-25)29-13-16-6-9-21-20(10-16)26-14-30-21/h2-11,14,23H,13H2,1H3,(H,27,28)/t23-/m0/s1. The second-order valence-electron chi connectivity index (χ2n) is 6.91. The number of fused-ring (bicyclic) bond motifs is 1. The zero-order valence-electron chi connectivity index (χ0n) is 16.6. The smallest absolute Gasteiger partial charge is 0.349 e. The molecule has 0 aliphatic rings. The van der Waals surface area contributed by atoms with Gasteiger partial charge in [-0.2, -0.15) is 5.26 Å². The average Bonchev–Trinajstić information content (AvgIpc) is 3.24. The van der Waals surface area contributed by atoms with E-state index in [0.717, 1.165) is 16.6 Å². The molecule has 1 N–H and O–H groups in total. The first kappa shape index (κ1) is 20.0. The third-order valence-corrected chi connectivity index (χ3v) is 4.81. The number of rotatable bonds is 7. The van der Waals surface area contributed by atoms with E-state index in [1.54, 1.807) is 24.3 Å². The molecule has 7 heteroatoms. The minimum atomic E-state index is -1.25. The van der Waals surface area contributed by atoms with E-state index < -0.39 is 12.1 Å². The van der Waals surface area contributed by atoms with Gasteiger partial charge in [0.05, 0.1) is 5.56 Å². The summed E-state index contributed by atoms with van der Waals surface area (Å²) in [5.41, 5.74) is 3.82. The molecule has 4 aromatic rings. The Morgan fingerprint density at radius 3 is 2.81 bits per heavy atom. The van der Waals surface area contributed by atoms with Gasteiger partial charge < -0.3 is 19.0 Å². The second kappa shape index (κ2) is 8.59. The third-order valence-electron chi connectivity index (χ3n) is 4.81. The normalized spacial score (nSPS) is 11.6. The fraction of sp³-hybridized carbons (Fsp3) is 0.125. The number of aromatic nitrogens is 1. The Kier molecular flexibility index (Phi) is 5.54. The lowest BCUT2D eigenvalue weighted by Gasteiger charge is -2.19. The first-order valence-corrected chi connectivity index (χ1v) is 9.49. The van der Waals surface area contributed by atoms with Gasteiger partial charge >= 0.3 is 5.97 Å². The zero-order valence-corrected chi connectivity index (χ0v) is 16.6. The number of oxazole rings is 1. The molecule has 154 valence electrons. The molecule has 0 saturated carbocycles. The van der Waals surface area contributed by atoms with E-state index >= 15 is 0 Å². The highest BCUT2D eigenvalue weighted by molar-refractivity contribution is 5.75. The summed E-state index contributed by atoms with van der Waals surface area (Å²) in [6, 6.07) is 19.4. The van der Waals surface area contributed by atoms with E-state index in [9.17, 15) is 15.2 Å². The molecule has 0 aliphatic carbocycles. The first-order valence-electron chi connectivity index (χ1n) is 9.49. The molecule has 7 nitrogen and oxygen atoms in total. The van der Waals surface area contributed by atoms with E-state index in [0.29, 0.717) is 16.9 Å². The minimum Gasteiger partial charge on any atom is -0.489 e. The van der Waals surface area contributed by atoms with Crippen molar-refractivity contribution in [3.05, 3.63) is 89.3 Å². The molecular weight excluding hydrogens is 396 g/mol. The largest absolute Gasteiger partial charge is 0.489 e. The van der Waals surface area contributed by atoms with Crippen molar-refractivity contribution in [3.8, 4) is 17.6 Å². The molecule has 1 atom stereocenters. The maximum atomic E-state index is 11.9. The number of nitrogens with zero attached hydrogens (tertiary/aromatic N) is 2. The van der Waals surface area contributed by atoms with Crippen LogP contribution in [0, 0.1) is 18.3 Å². The number of benzene rings is 3. The van der Waals surface area contributed by atoms with Gasteiger partial charge in [-0.15, -0.1) is 0 Å². The summed E-state index contributed by atoms with van der Waals surface area (Å²) in [5.74, 6) is -0.559. The monoisotopic (exact) mass is 414 g/mol. The summed E-state index contributed by atoms with van der Waals surface area (Å²) in [7, 11) is 0. The van der Waals surface area contributed by atoms with Gasteiger partial charge in [0.25, 0.3) is 0 Å². The molecule has 0 fully saturated rings. The maximum Gasteiger partial charge on any atom is 0.349 e. The van der Waals surface area contributed by atoms with Crippen molar-refractivity contribution < 1.29 is 23.8 Å². The van der Waals surface area contributed by atoms with Gasteiger partial charge in [0.1, 0.15) is 29.7 Å². The molecule has 0 saturated heterocycles. The highest BCUT2D eigenvalue weighted by Crippen LogP contribution is 2.31. The number of carbonyl (C=O) groups is 1. The quantitative estimate of drug-likeness (QED) is 0.463. The van der Waals surface area contributed by atoms with Gasteiger partial charge in [0, 0.05) is 11.6 Å². The molecule has 31 heavy (non-hydrogen) atoms. The number of carboxylic acid groups (broad SMARTS) is 1. The van der Waals surface area contributed by atoms with E-state index in [4.69, 9.17) is 13.9 Å². The van der Waals surface area contributed by atoms with E-state index in [1.165, 1.54) is 12.5 Å². The van der Waals surface area contributed by atoms with Crippen molar-refractivity contribution in [1.82, 2.24) is 4.98 Å². The number of nitriles is 1. The lowest BCUT2D eigenvalue weighted by atomic mass is 10.0. The fourth-order valence-corrected chi connectivity index (χ4v) is 3.20. The van der Waals surface area contributed by atoms with Crippen LogP contribution >= 0.6 is 0 Å². The maximum absolute atomic E-state index is 11.9. The molecule has 3 aromatic carbocycles. The van der Waals surface area contributed by atoms with Crippen LogP contribution in [0.25, 0.3) is 11.1 Å². The van der Waals surface area contributed by atoms with E-state index in [-0.39, 0.29) is 17.9 Å². The van der Waals surface area contributed by atoms with Crippen LogP contribution in [0.1, 0.15) is 28.4 Å². The first-order chi connectivity index (χ1) is 15.0. The summed E-state index contributed by atoms with van der Waals surface area (Å²) in [6.45, 7) is 2.07. The number of hydrogen-bond donors (Lipinski definition) is 1. The zero-order chi connectivity index (χ0) is 21.8. The summed E-state index contributed by atoms with van der Waals surface area (Å²) < 4.78 is 16.8. The third kappa shape index (κ3) is 4.33. The average molecular weight is 414 g/mol. The summed E-state index contributed by atoms with van der Waals surface area (Å²) in [6.07, 6.45) is 0.130. The highest BCUT2D eigenvalue weighted by Gasteiger charge is 2.25. The predicted octanol–water partition coefficient (Wildman–Crippen LogP) is 4.79. The van der Waals surface area contributed by atoms with Gasteiger partial charge in [-0.25, -0.2) is 9.78 Å². The van der Waals surface area contributed by atoms with Gasteiger partial charge in [-0.1, -0.05) is 30.3 Å². The van der Waals surface area contributed by atoms with Crippen molar-refractivity contribution in [2.24, 2.45) is 0 Å². The van der Waals surface area contributed by atoms with Crippen LogP contribution in [0.4, 0.5) is 0 Å². The molecule has 0 amide bonds. The Balaban J connectivity index is 1.57. The number of carboxylic acids is 1. The van der Waals surface area contributed by atoms with Crippen LogP contribution in [-0.2, 0) is 11.4 Å². The van der Waals surface area contributed by atoms with Crippen LogP contribution in [0.3, 0.4) is 0 Å². The van der Waals surface area contributed by atoms with Crippen LogP contribution in [-0.4, -0.2) is 16.1 Å². The molecule has 0 bridgehead atoms. The molecule has 0 spiro atoms. The number of aliphatic carboxylic acids is 1. The van der Waals surface area contributed by atoms with E-state index in [1.807, 2.05) is 43.3 Å². The highest BCUT2D eigenvalue weighted by atomic mass is 16.5. The van der Waals surface area contributed by atoms with Gasteiger partial charge in [-0.3, -0.25) is 0 Å². The predicted molar refractivity (Wildman–Crippen MR) is 112 cm³/mol.